The molecule has 0 unspecified atom stereocenters. The predicted molar refractivity (Wildman–Crippen MR) is 110 cm³/mol. The molecule has 2 aromatic carbocycles. The van der Waals surface area contributed by atoms with Gasteiger partial charge in [-0.2, -0.15) is 0 Å². The van der Waals surface area contributed by atoms with E-state index in [-0.39, 0.29) is 5.97 Å². The number of esters is 1. The lowest BCUT2D eigenvalue weighted by molar-refractivity contribution is -0.141. The van der Waals surface area contributed by atoms with Crippen LogP contribution in [0.15, 0.2) is 60.2 Å². The van der Waals surface area contributed by atoms with Gasteiger partial charge in [0.15, 0.2) is 0 Å². The van der Waals surface area contributed by atoms with Crippen molar-refractivity contribution in [2.24, 2.45) is 0 Å². The van der Waals surface area contributed by atoms with E-state index in [1.54, 1.807) is 0 Å². The Balaban J connectivity index is 1.50. The van der Waals surface area contributed by atoms with Crippen LogP contribution in [0.4, 0.5) is 0 Å². The monoisotopic (exact) mass is 373 g/mol. The molecule has 142 valence electrons. The number of benzene rings is 2. The van der Waals surface area contributed by atoms with Crippen molar-refractivity contribution in [3.8, 4) is 5.75 Å². The smallest absolute Gasteiger partial charge is 0.310 e. The Morgan fingerprint density at radius 3 is 2.82 bits per heavy atom. The minimum absolute atomic E-state index is 0.184. The van der Waals surface area contributed by atoms with Crippen LogP contribution in [0.25, 0.3) is 16.5 Å². The summed E-state index contributed by atoms with van der Waals surface area (Å²) in [6, 6.07) is 18.2. The fourth-order valence-corrected chi connectivity index (χ4v) is 3.65. The molecule has 0 bridgehead atoms. The summed E-state index contributed by atoms with van der Waals surface area (Å²) in [6.07, 6.45) is 1.18. The molecule has 0 N–H and O–H groups in total. The van der Waals surface area contributed by atoms with E-state index in [2.05, 4.69) is 24.0 Å². The van der Waals surface area contributed by atoms with E-state index in [1.807, 2.05) is 49.4 Å². The Morgan fingerprint density at radius 2 is 1.96 bits per heavy atom. The molecule has 0 aliphatic heterocycles. The SMILES string of the molecule is CCOC(=O)CC1=C(C)Cc2ccc(OCc3ccc4ccccc4n3)cc21. The number of aromatic nitrogens is 1. The van der Waals surface area contributed by atoms with Gasteiger partial charge in [-0.1, -0.05) is 35.9 Å². The lowest BCUT2D eigenvalue weighted by Crippen LogP contribution is -2.05. The van der Waals surface area contributed by atoms with Gasteiger partial charge in [0, 0.05) is 5.39 Å². The molecular formula is C24H23NO3. The number of rotatable bonds is 6. The summed E-state index contributed by atoms with van der Waals surface area (Å²) in [7, 11) is 0. The molecule has 4 heteroatoms. The maximum Gasteiger partial charge on any atom is 0.310 e. The lowest BCUT2D eigenvalue weighted by Gasteiger charge is -2.11. The molecule has 3 aromatic rings. The topological polar surface area (TPSA) is 48.4 Å². The van der Waals surface area contributed by atoms with Gasteiger partial charge >= 0.3 is 5.97 Å². The number of carbonyl (C=O) groups excluding carboxylic acids is 1. The maximum absolute atomic E-state index is 12.0. The molecule has 0 saturated heterocycles. The zero-order valence-corrected chi connectivity index (χ0v) is 16.2. The normalized spacial score (nSPS) is 12.9. The molecule has 1 heterocycles. The van der Waals surface area contributed by atoms with Crippen LogP contribution in [0.1, 0.15) is 37.1 Å². The minimum atomic E-state index is -0.184. The molecule has 0 spiro atoms. The van der Waals surface area contributed by atoms with E-state index < -0.39 is 0 Å². The Morgan fingerprint density at radius 1 is 1.11 bits per heavy atom. The molecule has 0 radical (unpaired) electrons. The summed E-state index contributed by atoms with van der Waals surface area (Å²) >= 11 is 0. The van der Waals surface area contributed by atoms with Gasteiger partial charge in [0.05, 0.1) is 24.2 Å². The van der Waals surface area contributed by atoms with Gasteiger partial charge in [0.2, 0.25) is 0 Å². The highest BCUT2D eigenvalue weighted by atomic mass is 16.5. The van der Waals surface area contributed by atoms with Crippen molar-refractivity contribution in [1.82, 2.24) is 4.98 Å². The van der Waals surface area contributed by atoms with E-state index in [0.29, 0.717) is 19.6 Å². The third kappa shape index (κ3) is 3.77. The van der Waals surface area contributed by atoms with Crippen molar-refractivity contribution < 1.29 is 14.3 Å². The number of para-hydroxylation sites is 1. The molecule has 0 amide bonds. The van der Waals surface area contributed by atoms with E-state index in [4.69, 9.17) is 9.47 Å². The number of carbonyl (C=O) groups is 1. The van der Waals surface area contributed by atoms with Crippen LogP contribution in [0, 0.1) is 0 Å². The number of pyridine rings is 1. The average molecular weight is 373 g/mol. The molecule has 4 rings (SSSR count). The van der Waals surface area contributed by atoms with Crippen molar-refractivity contribution in [3.05, 3.63) is 77.0 Å². The molecule has 28 heavy (non-hydrogen) atoms. The second kappa shape index (κ2) is 7.85. The Labute approximate surface area is 164 Å². The summed E-state index contributed by atoms with van der Waals surface area (Å²) in [5.74, 6) is 0.598. The van der Waals surface area contributed by atoms with E-state index >= 15 is 0 Å². The van der Waals surface area contributed by atoms with Crippen LogP contribution < -0.4 is 4.74 Å². The highest BCUT2D eigenvalue weighted by Crippen LogP contribution is 2.37. The lowest BCUT2D eigenvalue weighted by atomic mass is 10.0. The minimum Gasteiger partial charge on any atom is -0.487 e. The summed E-state index contributed by atoms with van der Waals surface area (Å²) < 4.78 is 11.1. The molecule has 0 atom stereocenters. The summed E-state index contributed by atoms with van der Waals surface area (Å²) in [5, 5.41) is 1.12. The Hall–Kier alpha value is -3.14. The number of fused-ring (bicyclic) bond motifs is 2. The van der Waals surface area contributed by atoms with Gasteiger partial charge < -0.3 is 9.47 Å². The zero-order valence-electron chi connectivity index (χ0n) is 16.2. The van der Waals surface area contributed by atoms with Gasteiger partial charge in [-0.15, -0.1) is 0 Å². The van der Waals surface area contributed by atoms with Gasteiger partial charge in [-0.3, -0.25) is 4.79 Å². The van der Waals surface area contributed by atoms with Gasteiger partial charge in [-0.25, -0.2) is 4.98 Å². The second-order valence-electron chi connectivity index (χ2n) is 7.02. The molecule has 0 saturated carbocycles. The fourth-order valence-electron chi connectivity index (χ4n) is 3.65. The van der Waals surface area contributed by atoms with Gasteiger partial charge in [0.1, 0.15) is 12.4 Å². The molecule has 1 aromatic heterocycles. The molecular weight excluding hydrogens is 350 g/mol. The largest absolute Gasteiger partial charge is 0.487 e. The molecule has 4 nitrogen and oxygen atoms in total. The molecule has 1 aliphatic carbocycles. The standard InChI is InChI=1S/C24H23NO3/c1-3-27-24(26)14-21-16(2)12-18-9-11-20(13-22(18)21)28-15-19-10-8-17-6-4-5-7-23(17)25-19/h4-11,13H,3,12,14-15H2,1-2H3. The van der Waals surface area contributed by atoms with Crippen molar-refractivity contribution in [2.75, 3.05) is 6.61 Å². The Bertz CT molecular complexity index is 1070. The first-order valence-corrected chi connectivity index (χ1v) is 9.59. The molecule has 0 fully saturated rings. The quantitative estimate of drug-likeness (QED) is 0.564. The summed E-state index contributed by atoms with van der Waals surface area (Å²) in [6.45, 7) is 4.71. The van der Waals surface area contributed by atoms with Crippen molar-refractivity contribution >= 4 is 22.4 Å². The average Bonchev–Trinajstić information content (AvgIpc) is 3.01. The van der Waals surface area contributed by atoms with Crippen LogP contribution in [-0.2, 0) is 22.6 Å². The summed E-state index contributed by atoms with van der Waals surface area (Å²) in [5.41, 5.74) is 6.45. The van der Waals surface area contributed by atoms with Crippen LogP contribution in [0.5, 0.6) is 5.75 Å². The number of hydrogen-bond donors (Lipinski definition) is 0. The van der Waals surface area contributed by atoms with Crippen LogP contribution >= 0.6 is 0 Å². The van der Waals surface area contributed by atoms with Gasteiger partial charge in [-0.05, 0) is 61.2 Å². The first kappa shape index (κ1) is 18.2. The number of ether oxygens (including phenoxy) is 2. The third-order valence-corrected chi connectivity index (χ3v) is 5.05. The number of hydrogen-bond acceptors (Lipinski definition) is 4. The first-order valence-electron chi connectivity index (χ1n) is 9.59. The molecule has 1 aliphatic rings. The maximum atomic E-state index is 12.0. The fraction of sp³-hybridized carbons (Fsp3) is 0.250. The van der Waals surface area contributed by atoms with Crippen LogP contribution in [0.3, 0.4) is 0 Å². The van der Waals surface area contributed by atoms with Crippen LogP contribution in [0.2, 0.25) is 0 Å². The zero-order chi connectivity index (χ0) is 19.5. The predicted octanol–water partition coefficient (Wildman–Crippen LogP) is 5.10. The highest BCUT2D eigenvalue weighted by Gasteiger charge is 2.22. The number of allylic oxidation sites excluding steroid dienone is 1. The van der Waals surface area contributed by atoms with Crippen molar-refractivity contribution in [2.45, 2.75) is 33.3 Å². The van der Waals surface area contributed by atoms with Crippen LogP contribution in [-0.4, -0.2) is 17.6 Å². The van der Waals surface area contributed by atoms with E-state index in [0.717, 1.165) is 39.9 Å². The summed E-state index contributed by atoms with van der Waals surface area (Å²) in [4.78, 5) is 16.6. The van der Waals surface area contributed by atoms with Crippen molar-refractivity contribution in [1.29, 1.82) is 0 Å². The Kier molecular flexibility index (Phi) is 5.11. The van der Waals surface area contributed by atoms with Gasteiger partial charge in [0.25, 0.3) is 0 Å². The third-order valence-electron chi connectivity index (χ3n) is 5.05. The second-order valence-corrected chi connectivity index (χ2v) is 7.02. The first-order chi connectivity index (χ1) is 13.6. The number of nitrogens with zero attached hydrogens (tertiary/aromatic N) is 1. The van der Waals surface area contributed by atoms with E-state index in [9.17, 15) is 4.79 Å². The van der Waals surface area contributed by atoms with E-state index in [1.165, 1.54) is 11.1 Å². The van der Waals surface area contributed by atoms with Crippen molar-refractivity contribution in [3.63, 3.8) is 0 Å². The highest BCUT2D eigenvalue weighted by molar-refractivity contribution is 5.89.